The minimum Gasteiger partial charge on any atom is -0.399 e. The molecule has 0 aliphatic carbocycles. The Morgan fingerprint density at radius 2 is 2.21 bits per heavy atom. The van der Waals surface area contributed by atoms with E-state index in [2.05, 4.69) is 0 Å². The first kappa shape index (κ1) is 12.1. The van der Waals surface area contributed by atoms with E-state index in [0.717, 1.165) is 4.90 Å². The summed E-state index contributed by atoms with van der Waals surface area (Å²) < 4.78 is 0. The van der Waals surface area contributed by atoms with E-state index in [0.29, 0.717) is 21.5 Å². The largest absolute Gasteiger partial charge is 0.399 e. The maximum absolute atomic E-state index is 5.96. The van der Waals surface area contributed by atoms with Gasteiger partial charge in [0.25, 0.3) is 0 Å². The maximum Gasteiger partial charge on any atom is 0.0562 e. The number of nitrogens with two attached hydrogens (primary N) is 1. The summed E-state index contributed by atoms with van der Waals surface area (Å²) in [4.78, 5) is 0.942. The van der Waals surface area contributed by atoms with Crippen molar-refractivity contribution in [2.24, 2.45) is 0 Å². The van der Waals surface area contributed by atoms with Crippen molar-refractivity contribution in [3.63, 3.8) is 0 Å². The highest BCUT2D eigenvalue weighted by Crippen LogP contribution is 2.30. The summed E-state index contributed by atoms with van der Waals surface area (Å²) in [5.74, 6) is 0.606. The van der Waals surface area contributed by atoms with Gasteiger partial charge in [-0.3, -0.25) is 0 Å². The van der Waals surface area contributed by atoms with Crippen molar-refractivity contribution in [2.45, 2.75) is 4.90 Å². The van der Waals surface area contributed by atoms with Crippen LogP contribution in [0.1, 0.15) is 0 Å². The van der Waals surface area contributed by atoms with Gasteiger partial charge in [0.05, 0.1) is 5.02 Å². The summed E-state index contributed by atoms with van der Waals surface area (Å²) in [6, 6.07) is 5.37. The molecule has 1 rings (SSSR count). The van der Waals surface area contributed by atoms with Gasteiger partial charge in [0, 0.05) is 26.9 Å². The second-order valence-electron chi connectivity index (χ2n) is 2.53. The van der Waals surface area contributed by atoms with Crippen LogP contribution in [0, 0.1) is 0 Å². The summed E-state index contributed by atoms with van der Waals surface area (Å²) in [7, 11) is 0. The van der Waals surface area contributed by atoms with Crippen molar-refractivity contribution in [1.29, 1.82) is 0 Å². The Morgan fingerprint density at radius 1 is 1.50 bits per heavy atom. The van der Waals surface area contributed by atoms with E-state index in [1.807, 2.05) is 6.07 Å². The third-order valence-corrected chi connectivity index (χ3v) is 3.76. The predicted molar refractivity (Wildman–Crippen MR) is 66.4 cm³/mol. The fourth-order valence-corrected chi connectivity index (χ4v) is 2.24. The zero-order valence-electron chi connectivity index (χ0n) is 7.14. The number of rotatable bonds is 3. The van der Waals surface area contributed by atoms with Crippen molar-refractivity contribution in [3.8, 4) is 0 Å². The number of benzene rings is 1. The normalized spacial score (nSPS) is 11.8. The average Bonchev–Trinajstić information content (AvgIpc) is 2.16. The fourth-order valence-electron chi connectivity index (χ4n) is 0.812. The zero-order valence-corrected chi connectivity index (χ0v) is 10.2. The zero-order chi connectivity index (χ0) is 10.6. The summed E-state index contributed by atoms with van der Waals surface area (Å²) in [6.07, 6.45) is 0. The number of hydrogen-bond donors (Lipinski definition) is 1. The second kappa shape index (κ2) is 5.76. The molecule has 0 aliphatic heterocycles. The van der Waals surface area contributed by atoms with Gasteiger partial charge in [-0.05, 0) is 18.2 Å². The van der Waals surface area contributed by atoms with Crippen LogP contribution < -0.4 is 5.73 Å². The first-order valence-electron chi connectivity index (χ1n) is 3.76. The molecule has 0 heterocycles. The molecule has 1 aromatic rings. The Labute approximate surface area is 102 Å². The van der Waals surface area contributed by atoms with Crippen LogP contribution in [-0.4, -0.2) is 5.75 Å². The van der Waals surface area contributed by atoms with Crippen LogP contribution in [0.15, 0.2) is 33.7 Å². The maximum atomic E-state index is 5.96. The highest BCUT2D eigenvalue weighted by molar-refractivity contribution is 7.99. The molecule has 0 aromatic heterocycles. The first-order chi connectivity index (χ1) is 6.63. The number of thioether (sulfide) groups is 1. The van der Waals surface area contributed by atoms with Crippen LogP contribution in [0.2, 0.25) is 5.02 Å². The Balaban J connectivity index is 2.68. The topological polar surface area (TPSA) is 26.0 Å². The van der Waals surface area contributed by atoms with Crippen molar-refractivity contribution >= 4 is 52.3 Å². The van der Waals surface area contributed by atoms with Gasteiger partial charge in [0.2, 0.25) is 0 Å². The number of nitrogen functional groups attached to an aromatic ring is 1. The summed E-state index contributed by atoms with van der Waals surface area (Å²) >= 11 is 18.6. The molecule has 1 nitrogen and oxygen atoms in total. The smallest absolute Gasteiger partial charge is 0.0562 e. The first-order valence-corrected chi connectivity index (χ1v) is 5.94. The van der Waals surface area contributed by atoms with Gasteiger partial charge >= 0.3 is 0 Å². The molecule has 0 saturated carbocycles. The predicted octanol–water partition coefficient (Wildman–Crippen LogP) is 4.33. The molecule has 0 fully saturated rings. The Bertz CT molecular complexity index is 352. The lowest BCUT2D eigenvalue weighted by molar-refractivity contribution is 1.45. The monoisotopic (exact) mass is 267 g/mol. The molecule has 2 N–H and O–H groups in total. The van der Waals surface area contributed by atoms with Crippen LogP contribution in [0.25, 0.3) is 0 Å². The highest BCUT2D eigenvalue weighted by Gasteiger charge is 2.02. The molecule has 76 valence electrons. The molecular formula is C9H8Cl3NS. The number of hydrogen-bond acceptors (Lipinski definition) is 2. The molecule has 0 atom stereocenters. The Morgan fingerprint density at radius 3 is 2.79 bits per heavy atom. The minimum atomic E-state index is 0.588. The number of anilines is 1. The minimum absolute atomic E-state index is 0.588. The van der Waals surface area contributed by atoms with E-state index in [1.54, 1.807) is 12.1 Å². The molecule has 1 aromatic carbocycles. The third kappa shape index (κ3) is 3.62. The van der Waals surface area contributed by atoms with Crippen molar-refractivity contribution in [3.05, 3.63) is 33.8 Å². The Hall–Kier alpha value is -0.0200. The molecule has 0 radical (unpaired) electrons. The molecule has 0 saturated heterocycles. The molecule has 0 spiro atoms. The lowest BCUT2D eigenvalue weighted by atomic mass is 10.3. The third-order valence-electron chi connectivity index (χ3n) is 1.44. The van der Waals surface area contributed by atoms with Gasteiger partial charge in [-0.25, -0.2) is 0 Å². The van der Waals surface area contributed by atoms with E-state index in [1.165, 1.54) is 17.3 Å². The van der Waals surface area contributed by atoms with Gasteiger partial charge in [-0.1, -0.05) is 34.8 Å². The average molecular weight is 269 g/mol. The van der Waals surface area contributed by atoms with Gasteiger partial charge in [-0.15, -0.1) is 11.8 Å². The summed E-state index contributed by atoms with van der Waals surface area (Å²) in [6.45, 7) is 0. The van der Waals surface area contributed by atoms with Crippen LogP contribution in [-0.2, 0) is 0 Å². The van der Waals surface area contributed by atoms with E-state index >= 15 is 0 Å². The van der Waals surface area contributed by atoms with E-state index in [9.17, 15) is 0 Å². The molecular weight excluding hydrogens is 261 g/mol. The van der Waals surface area contributed by atoms with E-state index in [-0.39, 0.29) is 0 Å². The number of halogens is 3. The fraction of sp³-hybridized carbons (Fsp3) is 0.111. The van der Waals surface area contributed by atoms with Gasteiger partial charge in [0.15, 0.2) is 0 Å². The molecule has 0 unspecified atom stereocenters. The summed E-state index contributed by atoms with van der Waals surface area (Å²) in [5, 5.41) is 1.22. The van der Waals surface area contributed by atoms with Crippen molar-refractivity contribution in [2.75, 3.05) is 11.5 Å². The molecule has 5 heteroatoms. The van der Waals surface area contributed by atoms with E-state index in [4.69, 9.17) is 40.5 Å². The second-order valence-corrected chi connectivity index (χ2v) is 4.66. The highest BCUT2D eigenvalue weighted by atomic mass is 35.5. The standard InChI is InChI=1S/C9H8Cl3NS/c10-4-6(11)5-14-9-2-1-7(13)3-8(9)12/h1-4H,5,13H2. The van der Waals surface area contributed by atoms with E-state index < -0.39 is 0 Å². The quantitative estimate of drug-likeness (QED) is 0.652. The van der Waals surface area contributed by atoms with Crippen LogP contribution in [0.4, 0.5) is 5.69 Å². The van der Waals surface area contributed by atoms with Gasteiger partial charge in [0.1, 0.15) is 0 Å². The lowest BCUT2D eigenvalue weighted by Crippen LogP contribution is -1.85. The molecule has 14 heavy (non-hydrogen) atoms. The summed E-state index contributed by atoms with van der Waals surface area (Å²) in [5.41, 5.74) is 7.56. The molecule has 0 amide bonds. The molecule has 0 bridgehead atoms. The molecule has 0 aliphatic rings. The SMILES string of the molecule is Nc1ccc(SCC(Cl)=CCl)c(Cl)c1. The van der Waals surface area contributed by atoms with Crippen molar-refractivity contribution < 1.29 is 0 Å². The van der Waals surface area contributed by atoms with Crippen LogP contribution >= 0.6 is 46.6 Å². The van der Waals surface area contributed by atoms with Gasteiger partial charge < -0.3 is 5.73 Å². The lowest BCUT2D eigenvalue weighted by Gasteiger charge is -2.03. The van der Waals surface area contributed by atoms with Crippen LogP contribution in [0.5, 0.6) is 0 Å². The van der Waals surface area contributed by atoms with Crippen molar-refractivity contribution in [1.82, 2.24) is 0 Å². The Kier molecular flexibility index (Phi) is 4.96. The van der Waals surface area contributed by atoms with Crippen LogP contribution in [0.3, 0.4) is 0 Å². The van der Waals surface area contributed by atoms with Gasteiger partial charge in [-0.2, -0.15) is 0 Å².